The molecule has 1 aromatic rings. The minimum atomic E-state index is 0.125. The Morgan fingerprint density at radius 3 is 2.88 bits per heavy atom. The van der Waals surface area contributed by atoms with Crippen molar-refractivity contribution in [2.75, 3.05) is 26.7 Å². The van der Waals surface area contributed by atoms with Crippen molar-refractivity contribution in [1.29, 1.82) is 0 Å². The first kappa shape index (κ1) is 11.7. The van der Waals surface area contributed by atoms with Gasteiger partial charge in [-0.3, -0.25) is 0 Å². The first-order valence-corrected chi connectivity index (χ1v) is 6.02. The zero-order chi connectivity index (χ0) is 11.5. The van der Waals surface area contributed by atoms with Gasteiger partial charge in [0, 0.05) is 31.2 Å². The maximum absolute atomic E-state index is 10.00. The fraction of sp³-hybridized carbons (Fsp3) is 0.455. The lowest BCUT2D eigenvalue weighted by Gasteiger charge is -2.26. The van der Waals surface area contributed by atoms with E-state index < -0.39 is 0 Å². The second kappa shape index (κ2) is 5.03. The van der Waals surface area contributed by atoms with Gasteiger partial charge >= 0.3 is 0 Å². The van der Waals surface area contributed by atoms with Crippen LogP contribution in [0.1, 0.15) is 11.6 Å². The van der Waals surface area contributed by atoms with Crippen LogP contribution in [-0.4, -0.2) is 31.9 Å². The molecule has 1 aliphatic heterocycles. The molecule has 0 aromatic heterocycles. The Labute approximate surface area is 103 Å². The molecule has 1 aromatic carbocycles. The molecule has 3 N–H and O–H groups in total. The summed E-state index contributed by atoms with van der Waals surface area (Å²) in [5.41, 5.74) is 0.860. The number of ether oxygens (including phenoxy) is 1. The molecule has 0 bridgehead atoms. The van der Waals surface area contributed by atoms with Gasteiger partial charge in [-0.25, -0.2) is 0 Å². The Bertz CT molecular complexity index is 378. The van der Waals surface area contributed by atoms with Crippen molar-refractivity contribution < 1.29 is 9.84 Å². The van der Waals surface area contributed by atoms with E-state index in [0.717, 1.165) is 30.9 Å². The quantitative estimate of drug-likeness (QED) is 0.769. The van der Waals surface area contributed by atoms with Crippen molar-refractivity contribution in [2.45, 2.75) is 6.04 Å². The number of benzene rings is 1. The minimum absolute atomic E-state index is 0.125. The Morgan fingerprint density at radius 2 is 2.25 bits per heavy atom. The molecule has 0 saturated carbocycles. The van der Waals surface area contributed by atoms with Crippen LogP contribution in [0.15, 0.2) is 16.6 Å². The monoisotopic (exact) mass is 286 g/mol. The van der Waals surface area contributed by atoms with Gasteiger partial charge in [0.25, 0.3) is 0 Å². The van der Waals surface area contributed by atoms with Gasteiger partial charge in [0.2, 0.25) is 0 Å². The van der Waals surface area contributed by atoms with Crippen LogP contribution in [0.3, 0.4) is 0 Å². The van der Waals surface area contributed by atoms with E-state index in [1.54, 1.807) is 13.2 Å². The molecule has 1 saturated heterocycles. The minimum Gasteiger partial charge on any atom is -0.506 e. The summed E-state index contributed by atoms with van der Waals surface area (Å²) in [5, 5.41) is 16.6. The Balaban J connectivity index is 2.33. The summed E-state index contributed by atoms with van der Waals surface area (Å²) in [6.45, 7) is 2.68. The number of aromatic hydroxyl groups is 1. The Kier molecular flexibility index (Phi) is 3.68. The molecule has 1 heterocycles. The molecule has 4 nitrogen and oxygen atoms in total. The van der Waals surface area contributed by atoms with E-state index in [1.165, 1.54) is 0 Å². The van der Waals surface area contributed by atoms with Gasteiger partial charge in [0.05, 0.1) is 11.6 Å². The maximum Gasteiger partial charge on any atom is 0.134 e. The van der Waals surface area contributed by atoms with Crippen LogP contribution in [0.25, 0.3) is 0 Å². The van der Waals surface area contributed by atoms with Gasteiger partial charge in [0.1, 0.15) is 11.5 Å². The number of methoxy groups -OCH3 is 1. The van der Waals surface area contributed by atoms with Gasteiger partial charge in [-0.15, -0.1) is 0 Å². The largest absolute Gasteiger partial charge is 0.506 e. The molecule has 0 spiro atoms. The Hall–Kier alpha value is -0.780. The second-order valence-electron chi connectivity index (χ2n) is 3.76. The van der Waals surface area contributed by atoms with Gasteiger partial charge in [0.15, 0.2) is 0 Å². The number of phenols is 1. The number of hydrogen-bond donors (Lipinski definition) is 3. The summed E-state index contributed by atoms with van der Waals surface area (Å²) in [4.78, 5) is 0. The smallest absolute Gasteiger partial charge is 0.134 e. The van der Waals surface area contributed by atoms with Gasteiger partial charge in [-0.2, -0.15) is 0 Å². The van der Waals surface area contributed by atoms with Crippen molar-refractivity contribution in [1.82, 2.24) is 10.6 Å². The van der Waals surface area contributed by atoms with E-state index >= 15 is 0 Å². The molecule has 0 aliphatic carbocycles. The van der Waals surface area contributed by atoms with Crippen molar-refractivity contribution in [2.24, 2.45) is 0 Å². The molecular weight excluding hydrogens is 272 g/mol. The summed E-state index contributed by atoms with van der Waals surface area (Å²) in [7, 11) is 1.62. The summed E-state index contributed by atoms with van der Waals surface area (Å²) < 4.78 is 5.85. The zero-order valence-corrected chi connectivity index (χ0v) is 10.7. The summed E-state index contributed by atoms with van der Waals surface area (Å²) in [6, 6.07) is 3.75. The maximum atomic E-state index is 10.00. The third-order valence-electron chi connectivity index (χ3n) is 2.72. The predicted octanol–water partition coefficient (Wildman–Crippen LogP) is 1.40. The third-order valence-corrected chi connectivity index (χ3v) is 3.32. The lowest BCUT2D eigenvalue weighted by molar-refractivity contribution is 0.390. The number of phenolic OH excluding ortho intramolecular Hbond substituents is 1. The zero-order valence-electron chi connectivity index (χ0n) is 9.09. The average Bonchev–Trinajstić information content (AvgIpc) is 2.33. The molecule has 16 heavy (non-hydrogen) atoms. The number of rotatable bonds is 2. The first-order valence-electron chi connectivity index (χ1n) is 5.23. The fourth-order valence-electron chi connectivity index (χ4n) is 1.85. The Morgan fingerprint density at radius 1 is 1.44 bits per heavy atom. The van der Waals surface area contributed by atoms with Crippen molar-refractivity contribution in [3.05, 3.63) is 22.2 Å². The van der Waals surface area contributed by atoms with Crippen LogP contribution in [0.4, 0.5) is 0 Å². The SMILES string of the molecule is COc1cc(Br)c(O)c([C@H]2CNCCN2)c1. The number of halogens is 1. The number of piperazine rings is 1. The normalized spacial score (nSPS) is 20.8. The van der Waals surface area contributed by atoms with Crippen LogP contribution in [-0.2, 0) is 0 Å². The van der Waals surface area contributed by atoms with Crippen LogP contribution in [0, 0.1) is 0 Å². The van der Waals surface area contributed by atoms with E-state index in [9.17, 15) is 5.11 Å². The van der Waals surface area contributed by atoms with E-state index in [-0.39, 0.29) is 11.8 Å². The lowest BCUT2D eigenvalue weighted by Crippen LogP contribution is -2.42. The highest BCUT2D eigenvalue weighted by atomic mass is 79.9. The third kappa shape index (κ3) is 2.31. The van der Waals surface area contributed by atoms with Gasteiger partial charge in [-0.05, 0) is 28.1 Å². The van der Waals surface area contributed by atoms with Gasteiger partial charge in [-0.1, -0.05) is 0 Å². The van der Waals surface area contributed by atoms with Crippen molar-refractivity contribution in [3.8, 4) is 11.5 Å². The van der Waals surface area contributed by atoms with E-state index in [0.29, 0.717) is 4.47 Å². The summed E-state index contributed by atoms with van der Waals surface area (Å²) in [5.74, 6) is 1.02. The number of nitrogens with one attached hydrogen (secondary N) is 2. The average molecular weight is 287 g/mol. The molecule has 5 heteroatoms. The van der Waals surface area contributed by atoms with Crippen LogP contribution in [0.5, 0.6) is 11.5 Å². The molecule has 2 rings (SSSR count). The highest BCUT2D eigenvalue weighted by Gasteiger charge is 2.20. The van der Waals surface area contributed by atoms with Gasteiger partial charge < -0.3 is 20.5 Å². The molecule has 1 aliphatic rings. The van der Waals surface area contributed by atoms with E-state index in [1.807, 2.05) is 6.07 Å². The van der Waals surface area contributed by atoms with Crippen LogP contribution >= 0.6 is 15.9 Å². The van der Waals surface area contributed by atoms with E-state index in [4.69, 9.17) is 4.74 Å². The molecule has 1 atom stereocenters. The predicted molar refractivity (Wildman–Crippen MR) is 66.0 cm³/mol. The molecule has 1 fully saturated rings. The van der Waals surface area contributed by atoms with E-state index in [2.05, 4.69) is 26.6 Å². The number of hydrogen-bond acceptors (Lipinski definition) is 4. The fourth-order valence-corrected chi connectivity index (χ4v) is 2.31. The van der Waals surface area contributed by atoms with Crippen molar-refractivity contribution >= 4 is 15.9 Å². The standard InChI is InChI=1S/C11H15BrN2O2/c1-16-7-4-8(11(15)9(12)5-7)10-6-13-2-3-14-10/h4-5,10,13-15H,2-3,6H2,1H3/t10-/m1/s1. The highest BCUT2D eigenvalue weighted by Crippen LogP contribution is 2.36. The topological polar surface area (TPSA) is 53.5 Å². The van der Waals surface area contributed by atoms with Crippen LogP contribution in [0.2, 0.25) is 0 Å². The second-order valence-corrected chi connectivity index (χ2v) is 4.61. The molecule has 88 valence electrons. The highest BCUT2D eigenvalue weighted by molar-refractivity contribution is 9.10. The molecule has 0 amide bonds. The van der Waals surface area contributed by atoms with Crippen molar-refractivity contribution in [3.63, 3.8) is 0 Å². The summed E-state index contributed by atoms with van der Waals surface area (Å²) >= 11 is 3.33. The lowest BCUT2D eigenvalue weighted by atomic mass is 10.0. The van der Waals surface area contributed by atoms with Crippen LogP contribution < -0.4 is 15.4 Å². The molecule has 0 unspecified atom stereocenters. The summed E-state index contributed by atoms with van der Waals surface area (Å²) in [6.07, 6.45) is 0. The first-order chi connectivity index (χ1) is 7.72. The molecular formula is C11H15BrN2O2. The molecule has 0 radical (unpaired) electrons.